The first-order chi connectivity index (χ1) is 12.8. The molecular formula is C22H32N2O3. The van der Waals surface area contributed by atoms with Crippen LogP contribution in [0.4, 0.5) is 0 Å². The zero-order valence-electron chi connectivity index (χ0n) is 16.8. The third-order valence-electron chi connectivity index (χ3n) is 5.68. The van der Waals surface area contributed by atoms with E-state index in [1.165, 1.54) is 5.56 Å². The van der Waals surface area contributed by atoms with Crippen molar-refractivity contribution in [2.75, 3.05) is 26.2 Å². The molecule has 148 valence electrons. The number of carbonyl (C=O) groups is 2. The summed E-state index contributed by atoms with van der Waals surface area (Å²) in [6, 6.07) is 7.92. The van der Waals surface area contributed by atoms with Crippen molar-refractivity contribution in [1.29, 1.82) is 0 Å². The Bertz CT molecular complexity index is 649. The maximum absolute atomic E-state index is 12.7. The van der Waals surface area contributed by atoms with Crippen molar-refractivity contribution in [2.45, 2.75) is 58.0 Å². The molecule has 27 heavy (non-hydrogen) atoms. The van der Waals surface area contributed by atoms with Gasteiger partial charge in [-0.15, -0.1) is 0 Å². The van der Waals surface area contributed by atoms with Gasteiger partial charge in [0.05, 0.1) is 6.10 Å². The first-order valence-electron chi connectivity index (χ1n) is 10.1. The van der Waals surface area contributed by atoms with Crippen LogP contribution in [0.5, 0.6) is 0 Å². The van der Waals surface area contributed by atoms with Crippen LogP contribution in [0.25, 0.3) is 0 Å². The largest absolute Gasteiger partial charge is 0.376 e. The van der Waals surface area contributed by atoms with Gasteiger partial charge < -0.3 is 15.0 Å². The molecule has 5 nitrogen and oxygen atoms in total. The van der Waals surface area contributed by atoms with Crippen molar-refractivity contribution in [3.63, 3.8) is 0 Å². The minimum atomic E-state index is -0.00119. The lowest BCUT2D eigenvalue weighted by atomic mass is 9.86. The summed E-state index contributed by atoms with van der Waals surface area (Å²) in [7, 11) is 0. The first kappa shape index (κ1) is 19.9. The van der Waals surface area contributed by atoms with E-state index in [0.29, 0.717) is 19.6 Å². The van der Waals surface area contributed by atoms with Crippen LogP contribution in [0, 0.1) is 5.92 Å². The Morgan fingerprint density at radius 3 is 2.33 bits per heavy atom. The molecule has 2 fully saturated rings. The molecule has 1 atom stereocenters. The van der Waals surface area contributed by atoms with Crippen LogP contribution in [0.15, 0.2) is 24.3 Å². The number of rotatable bonds is 4. The molecule has 2 aliphatic heterocycles. The van der Waals surface area contributed by atoms with E-state index in [-0.39, 0.29) is 29.3 Å². The van der Waals surface area contributed by atoms with Crippen LogP contribution in [0.1, 0.15) is 62.4 Å². The SMILES string of the molecule is CC(C)(C)c1ccc(C(=O)N2CCC(C(=O)NC[C@@H]3CCCO3)CC2)cc1. The van der Waals surface area contributed by atoms with Crippen LogP contribution in [-0.4, -0.2) is 49.1 Å². The van der Waals surface area contributed by atoms with Gasteiger partial charge in [-0.1, -0.05) is 32.9 Å². The van der Waals surface area contributed by atoms with Crippen molar-refractivity contribution in [3.8, 4) is 0 Å². The number of piperidine rings is 1. The second-order valence-electron chi connectivity index (χ2n) is 8.77. The Morgan fingerprint density at radius 1 is 1.11 bits per heavy atom. The Morgan fingerprint density at radius 2 is 1.78 bits per heavy atom. The first-order valence-corrected chi connectivity index (χ1v) is 10.1. The molecule has 1 aromatic rings. The fourth-order valence-electron chi connectivity index (χ4n) is 3.80. The Labute approximate surface area is 162 Å². The molecule has 0 saturated carbocycles. The molecule has 1 N–H and O–H groups in total. The summed E-state index contributed by atoms with van der Waals surface area (Å²) >= 11 is 0. The Kier molecular flexibility index (Phi) is 6.20. The topological polar surface area (TPSA) is 58.6 Å². The molecule has 0 unspecified atom stereocenters. The molecule has 5 heteroatoms. The van der Waals surface area contributed by atoms with E-state index >= 15 is 0 Å². The molecule has 0 radical (unpaired) electrons. The van der Waals surface area contributed by atoms with E-state index in [1.807, 2.05) is 29.2 Å². The lowest BCUT2D eigenvalue weighted by Gasteiger charge is -2.31. The van der Waals surface area contributed by atoms with Crippen LogP contribution >= 0.6 is 0 Å². The highest BCUT2D eigenvalue weighted by Crippen LogP contribution is 2.24. The Hall–Kier alpha value is -1.88. The Balaban J connectivity index is 1.48. The lowest BCUT2D eigenvalue weighted by Crippen LogP contribution is -2.44. The average molecular weight is 373 g/mol. The van der Waals surface area contributed by atoms with Gasteiger partial charge in [0.15, 0.2) is 0 Å². The number of nitrogens with one attached hydrogen (secondary N) is 1. The number of hydrogen-bond donors (Lipinski definition) is 1. The number of nitrogens with zero attached hydrogens (tertiary/aromatic N) is 1. The number of benzene rings is 1. The van der Waals surface area contributed by atoms with Gasteiger partial charge in [0.25, 0.3) is 5.91 Å². The molecule has 2 saturated heterocycles. The molecule has 2 heterocycles. The fourth-order valence-corrected chi connectivity index (χ4v) is 3.80. The number of ether oxygens (including phenoxy) is 1. The summed E-state index contributed by atoms with van der Waals surface area (Å²) < 4.78 is 5.55. The van der Waals surface area contributed by atoms with Crippen molar-refractivity contribution in [2.24, 2.45) is 5.92 Å². The quantitative estimate of drug-likeness (QED) is 0.883. The van der Waals surface area contributed by atoms with Crippen LogP contribution in [0.2, 0.25) is 0 Å². The van der Waals surface area contributed by atoms with Gasteiger partial charge in [-0.25, -0.2) is 0 Å². The maximum atomic E-state index is 12.7. The number of amides is 2. The van der Waals surface area contributed by atoms with E-state index in [1.54, 1.807) is 0 Å². The van der Waals surface area contributed by atoms with E-state index in [4.69, 9.17) is 4.74 Å². The predicted octanol–water partition coefficient (Wildman–Crippen LogP) is 3.13. The number of carbonyl (C=O) groups excluding carboxylic acids is 2. The highest BCUT2D eigenvalue weighted by molar-refractivity contribution is 5.94. The van der Waals surface area contributed by atoms with Gasteiger partial charge in [0.2, 0.25) is 5.91 Å². The van der Waals surface area contributed by atoms with E-state index in [9.17, 15) is 9.59 Å². The zero-order valence-corrected chi connectivity index (χ0v) is 16.8. The molecule has 0 spiro atoms. The highest BCUT2D eigenvalue weighted by atomic mass is 16.5. The van der Waals surface area contributed by atoms with Gasteiger partial charge in [0, 0.05) is 37.7 Å². The second kappa shape index (κ2) is 8.42. The summed E-state index contributed by atoms with van der Waals surface area (Å²) in [6.45, 7) is 9.18. The minimum Gasteiger partial charge on any atom is -0.376 e. The lowest BCUT2D eigenvalue weighted by molar-refractivity contribution is -0.126. The van der Waals surface area contributed by atoms with Crippen molar-refractivity contribution < 1.29 is 14.3 Å². The molecule has 2 aliphatic rings. The molecule has 0 aliphatic carbocycles. The normalized spacial score (nSPS) is 21.3. The van der Waals surface area contributed by atoms with Crippen molar-refractivity contribution in [1.82, 2.24) is 10.2 Å². The summed E-state index contributed by atoms with van der Waals surface area (Å²) in [5.41, 5.74) is 2.03. The van der Waals surface area contributed by atoms with E-state index < -0.39 is 0 Å². The van der Waals surface area contributed by atoms with Crippen molar-refractivity contribution in [3.05, 3.63) is 35.4 Å². The summed E-state index contributed by atoms with van der Waals surface area (Å²) in [5, 5.41) is 3.02. The third kappa shape index (κ3) is 5.10. The van der Waals surface area contributed by atoms with Crippen LogP contribution in [-0.2, 0) is 14.9 Å². The molecule has 2 amide bonds. The monoisotopic (exact) mass is 372 g/mol. The van der Waals surface area contributed by atoms with Crippen LogP contribution < -0.4 is 5.32 Å². The standard InChI is InChI=1S/C22H32N2O3/c1-22(2,3)18-8-6-17(7-9-18)21(26)24-12-10-16(11-13-24)20(25)23-15-19-5-4-14-27-19/h6-9,16,19H,4-5,10-15H2,1-3H3,(H,23,25)/t19-/m0/s1. The molecule has 0 bridgehead atoms. The molecular weight excluding hydrogens is 340 g/mol. The minimum absolute atomic E-state index is 0.00119. The molecule has 0 aromatic heterocycles. The van der Waals surface area contributed by atoms with E-state index in [2.05, 4.69) is 26.1 Å². The molecule has 3 rings (SSSR count). The zero-order chi connectivity index (χ0) is 19.4. The summed E-state index contributed by atoms with van der Waals surface area (Å²) in [6.07, 6.45) is 3.73. The fraction of sp³-hybridized carbons (Fsp3) is 0.636. The van der Waals surface area contributed by atoms with Gasteiger partial charge in [-0.2, -0.15) is 0 Å². The maximum Gasteiger partial charge on any atom is 0.253 e. The number of likely N-dealkylation sites (tertiary alicyclic amines) is 1. The smallest absolute Gasteiger partial charge is 0.253 e. The van der Waals surface area contributed by atoms with E-state index in [0.717, 1.165) is 37.9 Å². The third-order valence-corrected chi connectivity index (χ3v) is 5.68. The summed E-state index contributed by atoms with van der Waals surface area (Å²) in [5.74, 6) is 0.166. The van der Waals surface area contributed by atoms with Gasteiger partial charge in [0.1, 0.15) is 0 Å². The van der Waals surface area contributed by atoms with Gasteiger partial charge in [-0.3, -0.25) is 9.59 Å². The average Bonchev–Trinajstić information content (AvgIpc) is 3.19. The second-order valence-corrected chi connectivity index (χ2v) is 8.77. The predicted molar refractivity (Wildman–Crippen MR) is 106 cm³/mol. The molecule has 1 aromatic carbocycles. The summed E-state index contributed by atoms with van der Waals surface area (Å²) in [4.78, 5) is 27.0. The van der Waals surface area contributed by atoms with Crippen LogP contribution in [0.3, 0.4) is 0 Å². The highest BCUT2D eigenvalue weighted by Gasteiger charge is 2.28. The van der Waals surface area contributed by atoms with Gasteiger partial charge in [-0.05, 0) is 48.8 Å². The van der Waals surface area contributed by atoms with Gasteiger partial charge >= 0.3 is 0 Å². The van der Waals surface area contributed by atoms with Crippen molar-refractivity contribution >= 4 is 11.8 Å². The number of hydrogen-bond acceptors (Lipinski definition) is 3.